The van der Waals surface area contributed by atoms with Gasteiger partial charge in [0.15, 0.2) is 5.82 Å². The summed E-state index contributed by atoms with van der Waals surface area (Å²) in [5.41, 5.74) is 2.72. The van der Waals surface area contributed by atoms with Gasteiger partial charge in [0.05, 0.1) is 5.02 Å². The summed E-state index contributed by atoms with van der Waals surface area (Å²) in [5.74, 6) is 1.32. The molecule has 1 N–H and O–H groups in total. The summed E-state index contributed by atoms with van der Waals surface area (Å²) in [5, 5.41) is 0.479. The molecule has 3 rings (SSSR count). The summed E-state index contributed by atoms with van der Waals surface area (Å²) in [6, 6.07) is 13.5. The SMILES string of the molecule is CCCC(C)(C)C(=O)CCc1ccc(Cl)c(-c2nc(-c3cccc(C(C)C)c3)nc(=O)[nH]2)c1. The van der Waals surface area contributed by atoms with Crippen molar-refractivity contribution in [3.63, 3.8) is 0 Å². The minimum atomic E-state index is -0.483. The molecule has 33 heavy (non-hydrogen) atoms. The maximum absolute atomic E-state index is 12.7. The molecule has 1 aromatic heterocycles. The molecule has 6 heteroatoms. The standard InChI is InChI=1S/C27H32ClN3O2/c1-6-14-27(4,5)23(32)13-11-18-10-12-22(28)21(15-18)25-29-24(30-26(33)31-25)20-9-7-8-19(16-20)17(2)3/h7-10,12,15-17H,6,11,13-14H2,1-5H3,(H,29,30,31,33). The van der Waals surface area contributed by atoms with Crippen LogP contribution in [0, 0.1) is 5.41 Å². The molecule has 1 heterocycles. The molecule has 5 nitrogen and oxygen atoms in total. The van der Waals surface area contributed by atoms with Gasteiger partial charge < -0.3 is 0 Å². The second-order valence-electron chi connectivity index (χ2n) is 9.48. The van der Waals surface area contributed by atoms with E-state index in [1.54, 1.807) is 6.07 Å². The molecule has 0 radical (unpaired) electrons. The van der Waals surface area contributed by atoms with E-state index in [1.165, 1.54) is 0 Å². The van der Waals surface area contributed by atoms with E-state index in [4.69, 9.17) is 11.6 Å². The average Bonchev–Trinajstić information content (AvgIpc) is 2.77. The lowest BCUT2D eigenvalue weighted by Gasteiger charge is -2.22. The van der Waals surface area contributed by atoms with Gasteiger partial charge in [-0.1, -0.05) is 76.9 Å². The topological polar surface area (TPSA) is 75.7 Å². The lowest BCUT2D eigenvalue weighted by Crippen LogP contribution is -2.24. The summed E-state index contributed by atoms with van der Waals surface area (Å²) >= 11 is 6.48. The molecule has 2 aromatic carbocycles. The second-order valence-corrected chi connectivity index (χ2v) is 9.88. The van der Waals surface area contributed by atoms with Crippen LogP contribution in [-0.4, -0.2) is 20.7 Å². The van der Waals surface area contributed by atoms with Crippen LogP contribution < -0.4 is 5.69 Å². The van der Waals surface area contributed by atoms with Crippen LogP contribution >= 0.6 is 11.6 Å². The van der Waals surface area contributed by atoms with E-state index >= 15 is 0 Å². The van der Waals surface area contributed by atoms with Crippen molar-refractivity contribution < 1.29 is 4.79 Å². The first-order valence-electron chi connectivity index (χ1n) is 11.5. The fourth-order valence-electron chi connectivity index (χ4n) is 3.95. The zero-order valence-corrected chi connectivity index (χ0v) is 20.8. The van der Waals surface area contributed by atoms with Crippen molar-refractivity contribution in [2.75, 3.05) is 0 Å². The minimum Gasteiger partial charge on any atom is -0.299 e. The fraction of sp³-hybridized carbons (Fsp3) is 0.407. The van der Waals surface area contributed by atoms with Gasteiger partial charge in [-0.05, 0) is 48.1 Å². The van der Waals surface area contributed by atoms with Crippen LogP contribution in [0.1, 0.15) is 70.9 Å². The molecule has 0 saturated carbocycles. The van der Waals surface area contributed by atoms with Gasteiger partial charge in [-0.3, -0.25) is 9.78 Å². The predicted octanol–water partition coefficient (Wildman–Crippen LogP) is 6.60. The number of ketones is 1. The van der Waals surface area contributed by atoms with E-state index in [0.29, 0.717) is 41.0 Å². The first-order chi connectivity index (χ1) is 15.6. The summed E-state index contributed by atoms with van der Waals surface area (Å²) < 4.78 is 0. The van der Waals surface area contributed by atoms with Crippen LogP contribution in [-0.2, 0) is 11.2 Å². The monoisotopic (exact) mass is 465 g/mol. The number of carbonyl (C=O) groups excluding carboxylic acids is 1. The van der Waals surface area contributed by atoms with Crippen molar-refractivity contribution in [1.82, 2.24) is 15.0 Å². The van der Waals surface area contributed by atoms with Crippen molar-refractivity contribution in [3.8, 4) is 22.8 Å². The Morgan fingerprint density at radius 2 is 1.88 bits per heavy atom. The quantitative estimate of drug-likeness (QED) is 0.386. The Morgan fingerprint density at radius 1 is 1.12 bits per heavy atom. The number of hydrogen-bond acceptors (Lipinski definition) is 4. The van der Waals surface area contributed by atoms with Gasteiger partial charge in [-0.2, -0.15) is 4.98 Å². The Hall–Kier alpha value is -2.79. The molecular formula is C27H32ClN3O2. The summed E-state index contributed by atoms with van der Waals surface area (Å²) in [6.45, 7) is 10.3. The summed E-state index contributed by atoms with van der Waals surface area (Å²) in [6.07, 6.45) is 2.92. The highest BCUT2D eigenvalue weighted by Gasteiger charge is 2.25. The third-order valence-electron chi connectivity index (χ3n) is 6.02. The van der Waals surface area contributed by atoms with Crippen LogP contribution in [0.4, 0.5) is 0 Å². The molecule has 0 atom stereocenters. The zero-order chi connectivity index (χ0) is 24.2. The number of aromatic amines is 1. The molecule has 0 fully saturated rings. The molecule has 0 aliphatic heterocycles. The third kappa shape index (κ3) is 6.17. The van der Waals surface area contributed by atoms with E-state index < -0.39 is 5.69 Å². The van der Waals surface area contributed by atoms with E-state index in [2.05, 4.69) is 35.7 Å². The van der Waals surface area contributed by atoms with Gasteiger partial charge in [0.25, 0.3) is 0 Å². The molecular weight excluding hydrogens is 434 g/mol. The van der Waals surface area contributed by atoms with Gasteiger partial charge in [-0.15, -0.1) is 0 Å². The fourth-order valence-corrected chi connectivity index (χ4v) is 4.15. The van der Waals surface area contributed by atoms with Gasteiger partial charge in [0, 0.05) is 23.0 Å². The average molecular weight is 466 g/mol. The van der Waals surface area contributed by atoms with Crippen LogP contribution in [0.25, 0.3) is 22.8 Å². The Morgan fingerprint density at radius 3 is 2.58 bits per heavy atom. The number of Topliss-reactive ketones (excluding diaryl/α,β-unsaturated/α-hetero) is 1. The molecule has 0 spiro atoms. The Bertz CT molecular complexity index is 1200. The molecule has 3 aromatic rings. The van der Waals surface area contributed by atoms with E-state index in [9.17, 15) is 9.59 Å². The molecule has 0 amide bonds. The maximum Gasteiger partial charge on any atom is 0.348 e. The maximum atomic E-state index is 12.7. The van der Waals surface area contributed by atoms with Crippen LogP contribution in [0.15, 0.2) is 47.3 Å². The van der Waals surface area contributed by atoms with E-state index in [1.807, 2.05) is 50.2 Å². The first kappa shape index (κ1) is 24.8. The number of nitrogens with one attached hydrogen (secondary N) is 1. The number of rotatable bonds is 9. The van der Waals surface area contributed by atoms with Crippen molar-refractivity contribution >= 4 is 17.4 Å². The van der Waals surface area contributed by atoms with E-state index in [0.717, 1.165) is 29.5 Å². The Kier molecular flexibility index (Phi) is 7.85. The normalized spacial score (nSPS) is 11.7. The number of hydrogen-bond donors (Lipinski definition) is 1. The Balaban J connectivity index is 1.92. The smallest absolute Gasteiger partial charge is 0.299 e. The number of H-pyrrole nitrogens is 1. The second kappa shape index (κ2) is 10.4. The lowest BCUT2D eigenvalue weighted by molar-refractivity contribution is -0.127. The first-order valence-corrected chi connectivity index (χ1v) is 11.9. The van der Waals surface area contributed by atoms with Crippen LogP contribution in [0.5, 0.6) is 0 Å². The summed E-state index contributed by atoms with van der Waals surface area (Å²) in [4.78, 5) is 36.5. The van der Waals surface area contributed by atoms with Crippen molar-refractivity contribution in [1.29, 1.82) is 0 Å². The van der Waals surface area contributed by atoms with Gasteiger partial charge in [0.1, 0.15) is 11.6 Å². The highest BCUT2D eigenvalue weighted by molar-refractivity contribution is 6.33. The molecule has 0 unspecified atom stereocenters. The van der Waals surface area contributed by atoms with Crippen LogP contribution in [0.2, 0.25) is 5.02 Å². The number of aryl methyl sites for hydroxylation is 1. The van der Waals surface area contributed by atoms with Gasteiger partial charge in [0.2, 0.25) is 0 Å². The lowest BCUT2D eigenvalue weighted by atomic mass is 9.81. The number of benzene rings is 2. The number of halogens is 1. The van der Waals surface area contributed by atoms with Crippen molar-refractivity contribution in [3.05, 3.63) is 69.1 Å². The molecule has 0 aliphatic carbocycles. The zero-order valence-electron chi connectivity index (χ0n) is 20.0. The Labute approximate surface area is 200 Å². The number of nitrogens with zero attached hydrogens (tertiary/aromatic N) is 2. The summed E-state index contributed by atoms with van der Waals surface area (Å²) in [7, 11) is 0. The van der Waals surface area contributed by atoms with Crippen molar-refractivity contribution in [2.24, 2.45) is 5.41 Å². The minimum absolute atomic E-state index is 0.253. The van der Waals surface area contributed by atoms with Gasteiger partial charge >= 0.3 is 5.69 Å². The molecule has 174 valence electrons. The number of aromatic nitrogens is 3. The number of carbonyl (C=O) groups is 1. The molecule has 0 bridgehead atoms. The van der Waals surface area contributed by atoms with Crippen LogP contribution in [0.3, 0.4) is 0 Å². The highest BCUT2D eigenvalue weighted by atomic mass is 35.5. The predicted molar refractivity (Wildman–Crippen MR) is 135 cm³/mol. The molecule has 0 aliphatic rings. The van der Waals surface area contributed by atoms with Gasteiger partial charge in [-0.25, -0.2) is 9.78 Å². The molecule has 0 saturated heterocycles. The highest BCUT2D eigenvalue weighted by Crippen LogP contribution is 2.30. The largest absolute Gasteiger partial charge is 0.348 e. The van der Waals surface area contributed by atoms with Crippen molar-refractivity contribution in [2.45, 2.75) is 66.2 Å². The van der Waals surface area contributed by atoms with E-state index in [-0.39, 0.29) is 11.2 Å². The third-order valence-corrected chi connectivity index (χ3v) is 6.35.